The molecule has 2 fully saturated rings. The van der Waals surface area contributed by atoms with Crippen LogP contribution in [0.5, 0.6) is 0 Å². The van der Waals surface area contributed by atoms with Crippen LogP contribution in [-0.2, 0) is 35.6 Å². The summed E-state index contributed by atoms with van der Waals surface area (Å²) < 4.78 is 95.5. The number of carbonyl (C=O) groups is 2. The first-order chi connectivity index (χ1) is 17.3. The van der Waals surface area contributed by atoms with E-state index in [1.807, 2.05) is 0 Å². The fraction of sp³-hybridized carbons (Fsp3) is 0.391. The van der Waals surface area contributed by atoms with Gasteiger partial charge in [0.15, 0.2) is 0 Å². The molecule has 200 valence electrons. The summed E-state index contributed by atoms with van der Waals surface area (Å²) in [5.74, 6) is -0.511. The Morgan fingerprint density at radius 3 is 2.16 bits per heavy atom. The lowest BCUT2D eigenvalue weighted by molar-refractivity contribution is -0.140. The first-order valence-electron chi connectivity index (χ1n) is 11.4. The quantitative estimate of drug-likeness (QED) is 0.558. The molecule has 2 aliphatic rings. The van der Waals surface area contributed by atoms with Gasteiger partial charge >= 0.3 is 6.18 Å². The Hall–Kier alpha value is -2.97. The van der Waals surface area contributed by atoms with Gasteiger partial charge in [-0.25, -0.2) is 21.6 Å². The summed E-state index contributed by atoms with van der Waals surface area (Å²) in [5.41, 5.74) is -1.49. The summed E-state index contributed by atoms with van der Waals surface area (Å²) in [6.45, 7) is 0.292. The number of rotatable bonds is 6. The van der Waals surface area contributed by atoms with E-state index in [2.05, 4.69) is 10.0 Å². The lowest BCUT2D eigenvalue weighted by atomic mass is 10.0. The maximum absolute atomic E-state index is 13.7. The number of hydrogen-bond acceptors (Lipinski definition) is 6. The summed E-state index contributed by atoms with van der Waals surface area (Å²) in [6.07, 6.45) is -4.18. The summed E-state index contributed by atoms with van der Waals surface area (Å²) in [6, 6.07) is 7.24. The van der Waals surface area contributed by atoms with Gasteiger partial charge in [0.1, 0.15) is 6.04 Å². The zero-order chi connectivity index (χ0) is 27.0. The number of nitrogens with one attached hydrogen (secondary N) is 2. The maximum atomic E-state index is 13.7. The predicted octanol–water partition coefficient (Wildman–Crippen LogP) is 2.09. The van der Waals surface area contributed by atoms with Crippen LogP contribution in [0.4, 0.5) is 13.2 Å². The first-order valence-corrected chi connectivity index (χ1v) is 14.4. The average molecular weight is 560 g/mol. The Morgan fingerprint density at radius 2 is 1.59 bits per heavy atom. The standard InChI is InChI=1S/C23H24F3N3O6S2/c24-23(25,26)18-7-6-17(36(32,33)16-4-2-1-3-5-16)14-20(18)37(34,35)28-15-10-12-29(13-11-15)22(31)19-8-9-21(30)27-19/h1-7,14-15,19,28H,8-13H2,(H,27,30)/t19-/m0/s1. The summed E-state index contributed by atoms with van der Waals surface area (Å²) in [7, 11) is -9.07. The second kappa shape index (κ2) is 10.1. The fourth-order valence-electron chi connectivity index (χ4n) is 4.38. The highest BCUT2D eigenvalue weighted by Crippen LogP contribution is 2.36. The van der Waals surface area contributed by atoms with Crippen molar-refractivity contribution in [1.82, 2.24) is 14.9 Å². The minimum atomic E-state index is -5.05. The van der Waals surface area contributed by atoms with Crippen molar-refractivity contribution in [3.8, 4) is 0 Å². The Kier molecular flexibility index (Phi) is 7.36. The van der Waals surface area contributed by atoms with Crippen LogP contribution >= 0.6 is 0 Å². The number of piperidine rings is 1. The summed E-state index contributed by atoms with van der Waals surface area (Å²) >= 11 is 0. The van der Waals surface area contributed by atoms with Gasteiger partial charge < -0.3 is 10.2 Å². The minimum Gasteiger partial charge on any atom is -0.344 e. The SMILES string of the molecule is O=C1CC[C@@H](C(=O)N2CCC(NS(=O)(=O)c3cc(S(=O)(=O)c4ccccc4)ccc3C(F)(F)F)CC2)N1. The lowest BCUT2D eigenvalue weighted by Crippen LogP contribution is -2.51. The van der Waals surface area contributed by atoms with Crippen LogP contribution in [0.15, 0.2) is 63.2 Å². The molecule has 0 aliphatic carbocycles. The van der Waals surface area contributed by atoms with E-state index in [9.17, 15) is 39.6 Å². The van der Waals surface area contributed by atoms with E-state index in [1.54, 1.807) is 6.07 Å². The van der Waals surface area contributed by atoms with Crippen LogP contribution in [-0.4, -0.2) is 58.7 Å². The maximum Gasteiger partial charge on any atom is 0.417 e. The highest BCUT2D eigenvalue weighted by molar-refractivity contribution is 7.91. The van der Waals surface area contributed by atoms with Crippen LogP contribution in [0.3, 0.4) is 0 Å². The van der Waals surface area contributed by atoms with Gasteiger partial charge in [0, 0.05) is 25.6 Å². The highest BCUT2D eigenvalue weighted by atomic mass is 32.2. The van der Waals surface area contributed by atoms with Gasteiger partial charge in [-0.15, -0.1) is 0 Å². The van der Waals surface area contributed by atoms with E-state index < -0.39 is 53.5 Å². The molecule has 2 aliphatic heterocycles. The van der Waals surface area contributed by atoms with Crippen molar-refractivity contribution in [2.24, 2.45) is 0 Å². The van der Waals surface area contributed by atoms with Crippen molar-refractivity contribution >= 4 is 31.7 Å². The van der Waals surface area contributed by atoms with Gasteiger partial charge in [0.05, 0.1) is 20.2 Å². The van der Waals surface area contributed by atoms with E-state index >= 15 is 0 Å². The second-order valence-electron chi connectivity index (χ2n) is 8.85. The molecule has 0 unspecified atom stereocenters. The minimum absolute atomic E-state index is 0.134. The number of carbonyl (C=O) groups excluding carboxylic acids is 2. The van der Waals surface area contributed by atoms with E-state index in [0.29, 0.717) is 18.6 Å². The number of alkyl halides is 3. The third-order valence-corrected chi connectivity index (χ3v) is 9.66. The monoisotopic (exact) mass is 559 g/mol. The largest absolute Gasteiger partial charge is 0.417 e. The molecule has 4 rings (SSSR count). The molecule has 0 saturated carbocycles. The molecule has 0 aromatic heterocycles. The molecule has 2 aromatic carbocycles. The molecule has 2 amide bonds. The van der Waals surface area contributed by atoms with E-state index in [0.717, 1.165) is 6.07 Å². The third kappa shape index (κ3) is 5.80. The number of sulfonamides is 1. The molecule has 2 heterocycles. The van der Waals surface area contributed by atoms with Crippen LogP contribution in [0.1, 0.15) is 31.2 Å². The number of benzene rings is 2. The molecule has 37 heavy (non-hydrogen) atoms. The average Bonchev–Trinajstić information content (AvgIpc) is 3.29. The molecular weight excluding hydrogens is 535 g/mol. The number of sulfone groups is 1. The van der Waals surface area contributed by atoms with Gasteiger partial charge in [-0.05, 0) is 49.6 Å². The predicted molar refractivity (Wildman–Crippen MR) is 124 cm³/mol. The van der Waals surface area contributed by atoms with Gasteiger partial charge in [-0.1, -0.05) is 18.2 Å². The molecule has 0 spiro atoms. The van der Waals surface area contributed by atoms with E-state index in [1.165, 1.54) is 29.2 Å². The molecule has 0 bridgehead atoms. The molecule has 2 aromatic rings. The van der Waals surface area contributed by atoms with Crippen molar-refractivity contribution in [3.63, 3.8) is 0 Å². The smallest absolute Gasteiger partial charge is 0.344 e. The molecule has 1 atom stereocenters. The van der Waals surface area contributed by atoms with Crippen LogP contribution in [0.2, 0.25) is 0 Å². The van der Waals surface area contributed by atoms with Crippen molar-refractivity contribution < 1.29 is 39.6 Å². The Morgan fingerprint density at radius 1 is 0.946 bits per heavy atom. The number of halogens is 3. The number of hydrogen-bond donors (Lipinski definition) is 2. The van der Waals surface area contributed by atoms with E-state index in [-0.39, 0.29) is 49.1 Å². The number of likely N-dealkylation sites (tertiary alicyclic amines) is 1. The Labute approximate surface area is 212 Å². The topological polar surface area (TPSA) is 130 Å². The molecule has 2 saturated heterocycles. The molecular formula is C23H24F3N3O6S2. The van der Waals surface area contributed by atoms with Gasteiger partial charge in [-0.3, -0.25) is 9.59 Å². The molecule has 9 nitrogen and oxygen atoms in total. The van der Waals surface area contributed by atoms with E-state index in [4.69, 9.17) is 0 Å². The molecule has 0 radical (unpaired) electrons. The van der Waals surface area contributed by atoms with Crippen molar-refractivity contribution in [3.05, 3.63) is 54.1 Å². The highest BCUT2D eigenvalue weighted by Gasteiger charge is 2.40. The zero-order valence-corrected chi connectivity index (χ0v) is 21.0. The summed E-state index contributed by atoms with van der Waals surface area (Å²) in [4.78, 5) is 23.4. The third-order valence-electron chi connectivity index (χ3n) is 6.33. The van der Waals surface area contributed by atoms with Crippen LogP contribution in [0.25, 0.3) is 0 Å². The Balaban J connectivity index is 1.56. The van der Waals surface area contributed by atoms with Crippen molar-refractivity contribution in [2.45, 2.75) is 58.6 Å². The van der Waals surface area contributed by atoms with Crippen molar-refractivity contribution in [1.29, 1.82) is 0 Å². The van der Waals surface area contributed by atoms with Crippen molar-refractivity contribution in [2.75, 3.05) is 13.1 Å². The Bertz CT molecular complexity index is 1400. The number of amides is 2. The van der Waals surface area contributed by atoms with Gasteiger partial charge in [-0.2, -0.15) is 13.2 Å². The lowest BCUT2D eigenvalue weighted by Gasteiger charge is -2.33. The van der Waals surface area contributed by atoms with Crippen LogP contribution < -0.4 is 10.0 Å². The molecule has 2 N–H and O–H groups in total. The second-order valence-corrected chi connectivity index (χ2v) is 12.5. The molecule has 14 heteroatoms. The zero-order valence-electron chi connectivity index (χ0n) is 19.4. The first kappa shape index (κ1) is 27.1. The number of nitrogens with zero attached hydrogens (tertiary/aromatic N) is 1. The van der Waals surface area contributed by atoms with Gasteiger partial charge in [0.25, 0.3) is 0 Å². The van der Waals surface area contributed by atoms with Crippen LogP contribution in [0, 0.1) is 0 Å². The summed E-state index contributed by atoms with van der Waals surface area (Å²) in [5, 5.41) is 2.57. The normalized spacial score (nSPS) is 19.6. The van der Waals surface area contributed by atoms with Gasteiger partial charge in [0.2, 0.25) is 31.7 Å². The fourth-order valence-corrected chi connectivity index (χ4v) is 7.32.